The van der Waals surface area contributed by atoms with Gasteiger partial charge in [-0.3, -0.25) is 4.98 Å². The summed E-state index contributed by atoms with van der Waals surface area (Å²) in [4.78, 5) is 4.68. The van der Waals surface area contributed by atoms with Crippen molar-refractivity contribution >= 4 is 10.9 Å². The molecule has 1 atom stereocenters. The van der Waals surface area contributed by atoms with Crippen molar-refractivity contribution < 1.29 is 0 Å². The minimum absolute atomic E-state index is 0.149. The van der Waals surface area contributed by atoms with Crippen LogP contribution >= 0.6 is 0 Å². The maximum atomic E-state index is 6.30. The van der Waals surface area contributed by atoms with Crippen molar-refractivity contribution in [1.29, 1.82) is 0 Å². The molecule has 1 heterocycles. The molecule has 1 unspecified atom stereocenters. The van der Waals surface area contributed by atoms with Crippen molar-refractivity contribution in [1.82, 2.24) is 4.98 Å². The van der Waals surface area contributed by atoms with Crippen molar-refractivity contribution in [3.05, 3.63) is 42.1 Å². The zero-order valence-electron chi connectivity index (χ0n) is 11.5. The van der Waals surface area contributed by atoms with E-state index in [1.54, 1.807) is 0 Å². The summed E-state index contributed by atoms with van der Waals surface area (Å²) in [6.45, 7) is 6.63. The molecular formula is C16H22N2. The van der Waals surface area contributed by atoms with E-state index in [0.29, 0.717) is 0 Å². The molecule has 2 N–H and O–H groups in total. The first-order valence-electron chi connectivity index (χ1n) is 6.63. The SMILES string of the molecule is CCC(C)(C)C(N)Cc1ccc2ccccc2n1. The van der Waals surface area contributed by atoms with E-state index in [2.05, 4.69) is 50.0 Å². The van der Waals surface area contributed by atoms with Gasteiger partial charge < -0.3 is 5.73 Å². The summed E-state index contributed by atoms with van der Waals surface area (Å²) < 4.78 is 0. The summed E-state index contributed by atoms with van der Waals surface area (Å²) in [5.74, 6) is 0. The van der Waals surface area contributed by atoms with E-state index in [-0.39, 0.29) is 11.5 Å². The van der Waals surface area contributed by atoms with Gasteiger partial charge in [0, 0.05) is 23.5 Å². The normalized spacial score (nSPS) is 13.8. The lowest BCUT2D eigenvalue weighted by molar-refractivity contribution is 0.271. The van der Waals surface area contributed by atoms with Crippen LogP contribution in [0.15, 0.2) is 36.4 Å². The summed E-state index contributed by atoms with van der Waals surface area (Å²) in [6.07, 6.45) is 1.92. The molecule has 0 fully saturated rings. The Morgan fingerprint density at radius 3 is 2.61 bits per heavy atom. The van der Waals surface area contributed by atoms with Crippen molar-refractivity contribution in [2.24, 2.45) is 11.1 Å². The van der Waals surface area contributed by atoms with Crippen LogP contribution in [-0.2, 0) is 6.42 Å². The summed E-state index contributed by atoms with van der Waals surface area (Å²) in [5.41, 5.74) is 8.60. The summed E-state index contributed by atoms with van der Waals surface area (Å²) in [7, 11) is 0. The van der Waals surface area contributed by atoms with Crippen LogP contribution in [0.25, 0.3) is 10.9 Å². The number of benzene rings is 1. The van der Waals surface area contributed by atoms with Gasteiger partial charge in [-0.05, 0) is 24.0 Å². The Balaban J connectivity index is 2.22. The third-order valence-corrected chi connectivity index (χ3v) is 4.00. The van der Waals surface area contributed by atoms with Gasteiger partial charge in [0.25, 0.3) is 0 Å². The fourth-order valence-corrected chi connectivity index (χ4v) is 1.99. The van der Waals surface area contributed by atoms with Crippen LogP contribution in [0.5, 0.6) is 0 Å². The highest BCUT2D eigenvalue weighted by Crippen LogP contribution is 2.25. The second kappa shape index (κ2) is 5.07. The van der Waals surface area contributed by atoms with Gasteiger partial charge in [-0.15, -0.1) is 0 Å². The highest BCUT2D eigenvalue weighted by molar-refractivity contribution is 5.78. The topological polar surface area (TPSA) is 38.9 Å². The zero-order valence-corrected chi connectivity index (χ0v) is 11.5. The molecule has 0 aliphatic rings. The molecule has 96 valence electrons. The van der Waals surface area contributed by atoms with E-state index in [4.69, 9.17) is 5.73 Å². The fourth-order valence-electron chi connectivity index (χ4n) is 1.99. The fraction of sp³-hybridized carbons (Fsp3) is 0.438. The number of aromatic nitrogens is 1. The zero-order chi connectivity index (χ0) is 13.2. The second-order valence-electron chi connectivity index (χ2n) is 5.65. The average Bonchev–Trinajstić information content (AvgIpc) is 2.38. The third kappa shape index (κ3) is 2.70. The van der Waals surface area contributed by atoms with Crippen molar-refractivity contribution in [3.63, 3.8) is 0 Å². The van der Waals surface area contributed by atoms with Crippen LogP contribution in [0.1, 0.15) is 32.9 Å². The summed E-state index contributed by atoms with van der Waals surface area (Å²) in [5, 5.41) is 1.18. The maximum absolute atomic E-state index is 6.30. The minimum atomic E-state index is 0.149. The Bertz CT molecular complexity index is 531. The highest BCUT2D eigenvalue weighted by atomic mass is 14.7. The quantitative estimate of drug-likeness (QED) is 0.890. The maximum Gasteiger partial charge on any atom is 0.0705 e. The molecule has 2 heteroatoms. The molecule has 0 spiro atoms. The van der Waals surface area contributed by atoms with Crippen LogP contribution in [0.4, 0.5) is 0 Å². The largest absolute Gasteiger partial charge is 0.327 e. The number of hydrogen-bond acceptors (Lipinski definition) is 2. The number of hydrogen-bond donors (Lipinski definition) is 1. The number of pyridine rings is 1. The molecule has 0 saturated carbocycles. The van der Waals surface area contributed by atoms with Crippen molar-refractivity contribution in [3.8, 4) is 0 Å². The molecule has 0 saturated heterocycles. The minimum Gasteiger partial charge on any atom is -0.327 e. The summed E-state index contributed by atoms with van der Waals surface area (Å²) >= 11 is 0. The molecule has 0 aliphatic carbocycles. The Labute approximate surface area is 109 Å². The van der Waals surface area contributed by atoms with Crippen LogP contribution < -0.4 is 5.73 Å². The van der Waals surface area contributed by atoms with Gasteiger partial charge in [0.15, 0.2) is 0 Å². The van der Waals surface area contributed by atoms with Crippen molar-refractivity contribution in [2.45, 2.75) is 39.7 Å². The van der Waals surface area contributed by atoms with E-state index in [0.717, 1.165) is 24.1 Å². The lowest BCUT2D eigenvalue weighted by atomic mass is 9.80. The molecule has 0 amide bonds. The van der Waals surface area contributed by atoms with Gasteiger partial charge in [0.1, 0.15) is 0 Å². The number of nitrogens with zero attached hydrogens (tertiary/aromatic N) is 1. The van der Waals surface area contributed by atoms with E-state index in [9.17, 15) is 0 Å². The van der Waals surface area contributed by atoms with E-state index in [1.807, 2.05) is 12.1 Å². The summed E-state index contributed by atoms with van der Waals surface area (Å²) in [6, 6.07) is 12.6. The Kier molecular flexibility index (Phi) is 3.67. The smallest absolute Gasteiger partial charge is 0.0705 e. The second-order valence-corrected chi connectivity index (χ2v) is 5.65. The number of fused-ring (bicyclic) bond motifs is 1. The molecule has 2 nitrogen and oxygen atoms in total. The molecule has 1 aromatic heterocycles. The molecule has 18 heavy (non-hydrogen) atoms. The molecule has 2 aromatic rings. The molecule has 1 aromatic carbocycles. The van der Waals surface area contributed by atoms with Crippen LogP contribution in [0.3, 0.4) is 0 Å². The Hall–Kier alpha value is -1.41. The molecule has 0 aliphatic heterocycles. The Morgan fingerprint density at radius 2 is 1.89 bits per heavy atom. The van der Waals surface area contributed by atoms with Gasteiger partial charge >= 0.3 is 0 Å². The van der Waals surface area contributed by atoms with Crippen LogP contribution in [0, 0.1) is 5.41 Å². The third-order valence-electron chi connectivity index (χ3n) is 4.00. The first-order chi connectivity index (χ1) is 8.53. The Morgan fingerprint density at radius 1 is 1.17 bits per heavy atom. The van der Waals surface area contributed by atoms with Gasteiger partial charge in [-0.25, -0.2) is 0 Å². The van der Waals surface area contributed by atoms with E-state index < -0.39 is 0 Å². The number of para-hydroxylation sites is 1. The average molecular weight is 242 g/mol. The number of rotatable bonds is 4. The first kappa shape index (κ1) is 13.0. The standard InChI is InChI=1S/C16H22N2/c1-4-16(2,3)15(17)11-13-10-9-12-7-5-6-8-14(12)18-13/h5-10,15H,4,11,17H2,1-3H3. The van der Waals surface area contributed by atoms with Crippen LogP contribution in [0.2, 0.25) is 0 Å². The van der Waals surface area contributed by atoms with Gasteiger partial charge in [-0.1, -0.05) is 45.0 Å². The predicted octanol–water partition coefficient (Wildman–Crippen LogP) is 3.54. The molecule has 2 rings (SSSR count). The molecule has 0 bridgehead atoms. The van der Waals surface area contributed by atoms with Crippen molar-refractivity contribution in [2.75, 3.05) is 0 Å². The highest BCUT2D eigenvalue weighted by Gasteiger charge is 2.24. The van der Waals surface area contributed by atoms with Crippen LogP contribution in [-0.4, -0.2) is 11.0 Å². The van der Waals surface area contributed by atoms with Gasteiger partial charge in [0.05, 0.1) is 5.52 Å². The number of nitrogens with two attached hydrogens (primary N) is 1. The van der Waals surface area contributed by atoms with Gasteiger partial charge in [0.2, 0.25) is 0 Å². The lowest BCUT2D eigenvalue weighted by Gasteiger charge is -2.30. The molecular weight excluding hydrogens is 220 g/mol. The van der Waals surface area contributed by atoms with E-state index >= 15 is 0 Å². The lowest BCUT2D eigenvalue weighted by Crippen LogP contribution is -2.38. The van der Waals surface area contributed by atoms with E-state index in [1.165, 1.54) is 5.39 Å². The monoisotopic (exact) mass is 242 g/mol. The van der Waals surface area contributed by atoms with Gasteiger partial charge in [-0.2, -0.15) is 0 Å². The molecule has 0 radical (unpaired) electrons. The first-order valence-corrected chi connectivity index (χ1v) is 6.63. The predicted molar refractivity (Wildman–Crippen MR) is 77.5 cm³/mol.